The van der Waals surface area contributed by atoms with Gasteiger partial charge in [-0.2, -0.15) is 0 Å². The molecule has 0 saturated carbocycles. The summed E-state index contributed by atoms with van der Waals surface area (Å²) >= 11 is 0. The number of fused-ring (bicyclic) bond motifs is 1. The smallest absolute Gasteiger partial charge is 0.248 e. The SMILES string of the molecule is COCC(=O)N1CC[SH](O)(=Nc2cc(N3CCOC[C@H]3C)nc(-c3ccnc4[nH]ccc34)n2)CC1. The van der Waals surface area contributed by atoms with Crippen LogP contribution in [-0.4, -0.2) is 99.4 Å². The number of thiol groups is 1. The molecule has 0 bridgehead atoms. The average molecular weight is 502 g/mol. The van der Waals surface area contributed by atoms with Crippen LogP contribution in [0.15, 0.2) is 35.0 Å². The van der Waals surface area contributed by atoms with Gasteiger partial charge in [-0.05, 0) is 19.1 Å². The molecule has 5 heterocycles. The fourth-order valence-electron chi connectivity index (χ4n) is 4.50. The molecule has 1 amide bonds. The number of nitrogens with one attached hydrogen (secondary N) is 1. The lowest BCUT2D eigenvalue weighted by Crippen LogP contribution is -2.47. The van der Waals surface area contributed by atoms with Crippen molar-refractivity contribution >= 4 is 38.7 Å². The molecule has 0 aromatic carbocycles. The number of ether oxygens (including phenoxy) is 2. The predicted molar refractivity (Wildman–Crippen MR) is 136 cm³/mol. The van der Waals surface area contributed by atoms with Gasteiger partial charge in [0.1, 0.15) is 18.1 Å². The molecule has 2 fully saturated rings. The molecular weight excluding hydrogens is 470 g/mol. The van der Waals surface area contributed by atoms with Crippen molar-refractivity contribution in [3.05, 3.63) is 30.6 Å². The Morgan fingerprint density at radius 3 is 2.91 bits per heavy atom. The number of aromatic amines is 1. The molecule has 188 valence electrons. The number of nitrogens with zero attached hydrogens (tertiary/aromatic N) is 6. The molecule has 2 saturated heterocycles. The van der Waals surface area contributed by atoms with Crippen LogP contribution >= 0.6 is 0 Å². The molecule has 0 aliphatic carbocycles. The maximum absolute atomic E-state index is 12.2. The van der Waals surface area contributed by atoms with Gasteiger partial charge in [0.15, 0.2) is 11.6 Å². The van der Waals surface area contributed by atoms with Gasteiger partial charge in [-0.1, -0.05) is 10.1 Å². The highest BCUT2D eigenvalue weighted by Gasteiger charge is 2.26. The van der Waals surface area contributed by atoms with Crippen molar-refractivity contribution < 1.29 is 18.8 Å². The zero-order valence-electron chi connectivity index (χ0n) is 19.9. The molecule has 2 aliphatic heterocycles. The van der Waals surface area contributed by atoms with Crippen molar-refractivity contribution in [3.63, 3.8) is 0 Å². The van der Waals surface area contributed by atoms with E-state index >= 15 is 0 Å². The van der Waals surface area contributed by atoms with Crippen molar-refractivity contribution in [3.8, 4) is 11.4 Å². The quantitative estimate of drug-likeness (QED) is 0.452. The van der Waals surface area contributed by atoms with Crippen LogP contribution in [0.5, 0.6) is 0 Å². The number of H-pyrrole nitrogens is 1. The minimum absolute atomic E-state index is 0.0456. The predicted octanol–water partition coefficient (Wildman–Crippen LogP) is 1.91. The Morgan fingerprint density at radius 2 is 2.14 bits per heavy atom. The summed E-state index contributed by atoms with van der Waals surface area (Å²) in [5.74, 6) is 2.54. The second-order valence-electron chi connectivity index (χ2n) is 8.86. The van der Waals surface area contributed by atoms with Crippen molar-refractivity contribution in [2.75, 3.05) is 63.0 Å². The summed E-state index contributed by atoms with van der Waals surface area (Å²) in [4.78, 5) is 33.2. The summed E-state index contributed by atoms with van der Waals surface area (Å²) in [5, 5.41) is 0.920. The molecule has 2 N–H and O–H groups in total. The van der Waals surface area contributed by atoms with E-state index in [2.05, 4.69) is 21.8 Å². The number of carbonyl (C=O) groups excluding carboxylic acids is 1. The number of aromatic nitrogens is 4. The van der Waals surface area contributed by atoms with Crippen LogP contribution in [0.3, 0.4) is 0 Å². The zero-order valence-corrected chi connectivity index (χ0v) is 20.8. The van der Waals surface area contributed by atoms with E-state index in [0.717, 1.165) is 22.4 Å². The maximum atomic E-state index is 12.2. The van der Waals surface area contributed by atoms with Gasteiger partial charge < -0.3 is 28.8 Å². The summed E-state index contributed by atoms with van der Waals surface area (Å²) in [5.41, 5.74) is 1.61. The van der Waals surface area contributed by atoms with E-state index < -0.39 is 10.1 Å². The third-order valence-corrected chi connectivity index (χ3v) is 8.84. The lowest BCUT2D eigenvalue weighted by Gasteiger charge is -2.36. The lowest BCUT2D eigenvalue weighted by atomic mass is 10.1. The Labute approximate surface area is 204 Å². The van der Waals surface area contributed by atoms with Gasteiger partial charge in [0.2, 0.25) is 5.91 Å². The van der Waals surface area contributed by atoms with Crippen molar-refractivity contribution in [2.45, 2.75) is 13.0 Å². The Kier molecular flexibility index (Phi) is 6.78. The first-order valence-electron chi connectivity index (χ1n) is 11.7. The highest BCUT2D eigenvalue weighted by Crippen LogP contribution is 2.31. The van der Waals surface area contributed by atoms with Crippen LogP contribution in [0.25, 0.3) is 22.4 Å². The van der Waals surface area contributed by atoms with Gasteiger partial charge >= 0.3 is 0 Å². The molecule has 35 heavy (non-hydrogen) atoms. The number of morpholine rings is 1. The minimum Gasteiger partial charge on any atom is -0.377 e. The topological polar surface area (TPSA) is 129 Å². The molecule has 3 aromatic heterocycles. The molecule has 3 aromatic rings. The monoisotopic (exact) mass is 501 g/mol. The minimum atomic E-state index is -2.67. The van der Waals surface area contributed by atoms with Gasteiger partial charge in [0.05, 0.1) is 19.3 Å². The van der Waals surface area contributed by atoms with E-state index in [0.29, 0.717) is 56.0 Å². The number of hydrogen-bond acceptors (Lipinski definition) is 8. The molecule has 0 spiro atoms. The number of carbonyl (C=O) groups is 1. The highest BCUT2D eigenvalue weighted by atomic mass is 32.3. The summed E-state index contributed by atoms with van der Waals surface area (Å²) in [7, 11) is -1.16. The molecular formula is C23H31N7O4S. The molecule has 2 aliphatic rings. The standard InChI is InChI=1S/C23H31N7O4S/c1-16-14-34-10-7-30(16)20-13-19(28-35(32)11-8-29(9-12-35)21(31)15-33-2)26-23(27-20)18-4-6-25-22-17(18)3-5-24-22/h3-6,13,16,35H,7-12,14-15H2,1-2H3,(H,24,25)(H,26,27,28,32)/t16-/m1/s1. The number of rotatable bonds is 5. The van der Waals surface area contributed by atoms with Crippen LogP contribution in [0.2, 0.25) is 0 Å². The first-order valence-corrected chi connectivity index (χ1v) is 13.8. The summed E-state index contributed by atoms with van der Waals surface area (Å²) in [6.45, 7) is 5.00. The molecule has 12 heteroatoms. The van der Waals surface area contributed by atoms with Crippen LogP contribution in [-0.2, 0) is 24.4 Å². The third kappa shape index (κ3) is 5.06. The van der Waals surface area contributed by atoms with E-state index in [1.807, 2.05) is 24.4 Å². The number of pyridine rings is 1. The molecule has 1 atom stereocenters. The first kappa shape index (κ1) is 23.8. The maximum Gasteiger partial charge on any atom is 0.248 e. The summed E-state index contributed by atoms with van der Waals surface area (Å²) in [6, 6.07) is 5.85. The van der Waals surface area contributed by atoms with Gasteiger partial charge in [0.25, 0.3) is 0 Å². The summed E-state index contributed by atoms with van der Waals surface area (Å²) < 4.78 is 26.7. The van der Waals surface area contributed by atoms with Gasteiger partial charge in [-0.25, -0.2) is 19.3 Å². The van der Waals surface area contributed by atoms with E-state index in [1.54, 1.807) is 11.1 Å². The molecule has 11 nitrogen and oxygen atoms in total. The van der Waals surface area contributed by atoms with Gasteiger partial charge in [-0.3, -0.25) is 4.79 Å². The van der Waals surface area contributed by atoms with E-state index in [9.17, 15) is 9.35 Å². The molecule has 0 radical (unpaired) electrons. The Hall–Kier alpha value is -2.93. The van der Waals surface area contributed by atoms with Crippen LogP contribution in [0.1, 0.15) is 6.92 Å². The summed E-state index contributed by atoms with van der Waals surface area (Å²) in [6.07, 6.45) is 3.57. The highest BCUT2D eigenvalue weighted by molar-refractivity contribution is 8.00. The average Bonchev–Trinajstić information content (AvgIpc) is 3.33. The first-order chi connectivity index (χ1) is 17.0. The largest absolute Gasteiger partial charge is 0.377 e. The van der Waals surface area contributed by atoms with Crippen LogP contribution in [0, 0.1) is 0 Å². The van der Waals surface area contributed by atoms with Crippen molar-refractivity contribution in [1.82, 2.24) is 24.8 Å². The lowest BCUT2D eigenvalue weighted by molar-refractivity contribution is -0.134. The Balaban J connectivity index is 1.53. The van der Waals surface area contributed by atoms with E-state index in [4.69, 9.17) is 23.8 Å². The third-order valence-electron chi connectivity index (χ3n) is 6.43. The van der Waals surface area contributed by atoms with Crippen molar-refractivity contribution in [2.24, 2.45) is 4.36 Å². The van der Waals surface area contributed by atoms with Gasteiger partial charge in [-0.15, -0.1) is 0 Å². The fourth-order valence-corrected chi connectivity index (χ4v) is 6.54. The molecule has 0 unspecified atom stereocenters. The second kappa shape index (κ2) is 9.97. The van der Waals surface area contributed by atoms with Gasteiger partial charge in [0, 0.05) is 67.7 Å². The number of hydrogen-bond donors (Lipinski definition) is 3. The zero-order chi connectivity index (χ0) is 24.4. The van der Waals surface area contributed by atoms with E-state index in [-0.39, 0.29) is 18.6 Å². The number of methoxy groups -OCH3 is 1. The fraction of sp³-hybridized carbons (Fsp3) is 0.478. The van der Waals surface area contributed by atoms with E-state index in [1.165, 1.54) is 7.11 Å². The number of anilines is 1. The van der Waals surface area contributed by atoms with Crippen molar-refractivity contribution in [1.29, 1.82) is 0 Å². The Morgan fingerprint density at radius 1 is 1.31 bits per heavy atom. The number of amides is 1. The second-order valence-corrected chi connectivity index (χ2v) is 11.7. The van der Waals surface area contributed by atoms with Crippen LogP contribution in [0.4, 0.5) is 11.6 Å². The molecule has 5 rings (SSSR count). The normalized spacial score (nSPS) is 21.2. The Bertz CT molecular complexity index is 1270. The van der Waals surface area contributed by atoms with Crippen LogP contribution < -0.4 is 4.90 Å².